The molecule has 14 heavy (non-hydrogen) atoms. The lowest BCUT2D eigenvalue weighted by molar-refractivity contribution is 0.0731. The zero-order chi connectivity index (χ0) is 11.0. The summed E-state index contributed by atoms with van der Waals surface area (Å²) in [6.07, 6.45) is 3.40. The molecule has 1 heterocycles. The zero-order valence-corrected chi connectivity index (χ0v) is 10.4. The minimum atomic E-state index is 0.211. The smallest absolute Gasteiger partial charge is 0.0196 e. The van der Waals surface area contributed by atoms with E-state index in [0.29, 0.717) is 12.0 Å². The van der Waals surface area contributed by atoms with Crippen LogP contribution in [0.5, 0.6) is 0 Å². The summed E-state index contributed by atoms with van der Waals surface area (Å²) in [5, 5.41) is 3.81. The van der Waals surface area contributed by atoms with Crippen LogP contribution in [0.4, 0.5) is 0 Å². The van der Waals surface area contributed by atoms with Crippen LogP contribution < -0.4 is 11.1 Å². The Kier molecular flexibility index (Phi) is 3.27. The van der Waals surface area contributed by atoms with Gasteiger partial charge in [0.2, 0.25) is 0 Å². The third kappa shape index (κ3) is 1.96. The number of hydrogen-bond donors (Lipinski definition) is 2. The van der Waals surface area contributed by atoms with Gasteiger partial charge in [0.15, 0.2) is 0 Å². The van der Waals surface area contributed by atoms with E-state index in [2.05, 4.69) is 39.9 Å². The minimum Gasteiger partial charge on any atom is -0.327 e. The van der Waals surface area contributed by atoms with Crippen LogP contribution in [0.3, 0.4) is 0 Å². The molecule has 0 amide bonds. The van der Waals surface area contributed by atoms with E-state index in [-0.39, 0.29) is 11.1 Å². The average molecular weight is 198 g/mol. The van der Waals surface area contributed by atoms with E-state index in [1.807, 2.05) is 0 Å². The van der Waals surface area contributed by atoms with Crippen molar-refractivity contribution < 1.29 is 0 Å². The Hall–Kier alpha value is -0.0800. The van der Waals surface area contributed by atoms with E-state index in [9.17, 15) is 0 Å². The first-order valence-corrected chi connectivity index (χ1v) is 5.92. The van der Waals surface area contributed by atoms with Crippen LogP contribution in [0.2, 0.25) is 0 Å². The van der Waals surface area contributed by atoms with E-state index < -0.39 is 0 Å². The molecule has 4 unspecified atom stereocenters. The predicted octanol–water partition coefficient (Wildman–Crippen LogP) is 2.28. The van der Waals surface area contributed by atoms with Gasteiger partial charge in [-0.15, -0.1) is 0 Å². The lowest BCUT2D eigenvalue weighted by atomic mass is 9.69. The van der Waals surface area contributed by atoms with Crippen molar-refractivity contribution in [1.82, 2.24) is 5.32 Å². The molecule has 0 radical (unpaired) electrons. The van der Waals surface area contributed by atoms with Crippen molar-refractivity contribution in [3.05, 3.63) is 0 Å². The molecule has 1 aliphatic rings. The third-order valence-corrected chi connectivity index (χ3v) is 4.44. The normalized spacial score (nSPS) is 49.3. The molecule has 0 saturated carbocycles. The number of piperidine rings is 1. The monoisotopic (exact) mass is 198 g/mol. The maximum absolute atomic E-state index is 6.24. The molecule has 4 atom stereocenters. The third-order valence-electron chi connectivity index (χ3n) is 4.44. The van der Waals surface area contributed by atoms with Crippen LogP contribution in [0, 0.1) is 5.92 Å². The van der Waals surface area contributed by atoms with Gasteiger partial charge in [0, 0.05) is 17.1 Å². The molecule has 2 nitrogen and oxygen atoms in total. The van der Waals surface area contributed by atoms with E-state index in [0.717, 1.165) is 19.3 Å². The minimum absolute atomic E-state index is 0.211. The van der Waals surface area contributed by atoms with Crippen LogP contribution in [0.15, 0.2) is 0 Å². The summed E-state index contributed by atoms with van der Waals surface area (Å²) in [4.78, 5) is 0. The highest BCUT2D eigenvalue weighted by Gasteiger charge is 2.44. The Bertz CT molecular complexity index is 204. The Morgan fingerprint density at radius 1 is 1.29 bits per heavy atom. The van der Waals surface area contributed by atoms with Crippen molar-refractivity contribution in [2.24, 2.45) is 11.7 Å². The van der Waals surface area contributed by atoms with Gasteiger partial charge in [-0.1, -0.05) is 20.8 Å². The Balaban J connectivity index is 2.87. The van der Waals surface area contributed by atoms with Gasteiger partial charge in [-0.05, 0) is 39.0 Å². The molecule has 3 N–H and O–H groups in total. The molecule has 2 heteroatoms. The van der Waals surface area contributed by atoms with Crippen molar-refractivity contribution in [3.8, 4) is 0 Å². The molecule has 0 aliphatic carbocycles. The van der Waals surface area contributed by atoms with Gasteiger partial charge in [-0.2, -0.15) is 0 Å². The van der Waals surface area contributed by atoms with E-state index >= 15 is 0 Å². The van der Waals surface area contributed by atoms with Gasteiger partial charge >= 0.3 is 0 Å². The van der Waals surface area contributed by atoms with E-state index in [1.54, 1.807) is 0 Å². The van der Waals surface area contributed by atoms with Crippen LogP contribution in [-0.2, 0) is 0 Å². The highest BCUT2D eigenvalue weighted by atomic mass is 15.1. The summed E-state index contributed by atoms with van der Waals surface area (Å²) in [6, 6.07) is 0.339. The van der Waals surface area contributed by atoms with Crippen LogP contribution >= 0.6 is 0 Å². The summed E-state index contributed by atoms with van der Waals surface area (Å²) in [7, 11) is 0. The topological polar surface area (TPSA) is 38.0 Å². The molecule has 0 aromatic carbocycles. The number of nitrogens with two attached hydrogens (primary N) is 1. The van der Waals surface area contributed by atoms with Gasteiger partial charge in [0.05, 0.1) is 0 Å². The molecule has 0 aromatic heterocycles. The Morgan fingerprint density at radius 2 is 1.86 bits per heavy atom. The largest absolute Gasteiger partial charge is 0.327 e. The average Bonchev–Trinajstić information content (AvgIpc) is 2.14. The summed E-state index contributed by atoms with van der Waals surface area (Å²) < 4.78 is 0. The summed E-state index contributed by atoms with van der Waals surface area (Å²) >= 11 is 0. The van der Waals surface area contributed by atoms with Crippen LogP contribution in [0.25, 0.3) is 0 Å². The summed E-state index contributed by atoms with van der Waals surface area (Å²) in [6.45, 7) is 11.4. The van der Waals surface area contributed by atoms with Crippen molar-refractivity contribution in [2.45, 2.75) is 71.0 Å². The number of nitrogens with one attached hydrogen (secondary N) is 1. The van der Waals surface area contributed by atoms with Crippen molar-refractivity contribution in [3.63, 3.8) is 0 Å². The van der Waals surface area contributed by atoms with Crippen molar-refractivity contribution >= 4 is 0 Å². The molecular weight excluding hydrogens is 172 g/mol. The van der Waals surface area contributed by atoms with Crippen molar-refractivity contribution in [1.29, 1.82) is 0 Å². The summed E-state index contributed by atoms with van der Waals surface area (Å²) in [5.41, 5.74) is 6.68. The van der Waals surface area contributed by atoms with E-state index in [1.165, 1.54) is 0 Å². The molecule has 1 saturated heterocycles. The molecule has 0 aromatic rings. The number of rotatable bonds is 2. The second-order valence-corrected chi connectivity index (χ2v) is 5.47. The first kappa shape index (κ1) is 12.0. The number of hydrogen-bond acceptors (Lipinski definition) is 2. The fraction of sp³-hybridized carbons (Fsp3) is 1.00. The highest BCUT2D eigenvalue weighted by molar-refractivity contribution is 5.05. The van der Waals surface area contributed by atoms with Crippen LogP contribution in [0.1, 0.15) is 53.9 Å². The quantitative estimate of drug-likeness (QED) is 0.714. The first-order chi connectivity index (χ1) is 6.37. The van der Waals surface area contributed by atoms with Gasteiger partial charge in [0.1, 0.15) is 0 Å². The molecule has 1 aliphatic heterocycles. The SMILES string of the molecule is CCC1(C)CC(N)C(C)C(C)(CC)N1. The molecular formula is C12H26N2. The second-order valence-electron chi connectivity index (χ2n) is 5.47. The maximum Gasteiger partial charge on any atom is 0.0196 e. The fourth-order valence-electron chi connectivity index (χ4n) is 2.67. The van der Waals surface area contributed by atoms with Crippen molar-refractivity contribution in [2.75, 3.05) is 0 Å². The maximum atomic E-state index is 6.24. The lowest BCUT2D eigenvalue weighted by Gasteiger charge is -2.52. The predicted molar refractivity (Wildman–Crippen MR) is 62.3 cm³/mol. The second kappa shape index (κ2) is 3.82. The van der Waals surface area contributed by atoms with E-state index in [4.69, 9.17) is 5.73 Å². The lowest BCUT2D eigenvalue weighted by Crippen LogP contribution is -2.67. The summed E-state index contributed by atoms with van der Waals surface area (Å²) in [5.74, 6) is 0.562. The molecule has 84 valence electrons. The van der Waals surface area contributed by atoms with Gasteiger partial charge < -0.3 is 11.1 Å². The Labute approximate surface area is 88.6 Å². The van der Waals surface area contributed by atoms with Gasteiger partial charge in [-0.3, -0.25) is 0 Å². The molecule has 0 bridgehead atoms. The zero-order valence-electron chi connectivity index (χ0n) is 10.4. The molecule has 0 spiro atoms. The highest BCUT2D eigenvalue weighted by Crippen LogP contribution is 2.36. The fourth-order valence-corrected chi connectivity index (χ4v) is 2.67. The standard InChI is InChI=1S/C12H26N2/c1-6-11(4)8-10(13)9(3)12(5,7-2)14-11/h9-10,14H,6-8,13H2,1-5H3. The van der Waals surface area contributed by atoms with Crippen LogP contribution in [-0.4, -0.2) is 17.1 Å². The van der Waals surface area contributed by atoms with Gasteiger partial charge in [-0.25, -0.2) is 0 Å². The molecule has 1 fully saturated rings. The van der Waals surface area contributed by atoms with Gasteiger partial charge in [0.25, 0.3) is 0 Å². The first-order valence-electron chi connectivity index (χ1n) is 5.92. The molecule has 1 rings (SSSR count). The Morgan fingerprint density at radius 3 is 2.29 bits per heavy atom.